The van der Waals surface area contributed by atoms with Crippen LogP contribution in [0.3, 0.4) is 0 Å². The third-order valence-electron chi connectivity index (χ3n) is 2.68. The molecule has 0 fully saturated rings. The summed E-state index contributed by atoms with van der Waals surface area (Å²) in [5.41, 5.74) is 1.03. The Kier molecular flexibility index (Phi) is 5.60. The summed E-state index contributed by atoms with van der Waals surface area (Å²) in [5, 5.41) is 6.38. The Balaban J connectivity index is 2.03. The first-order valence-electron chi connectivity index (χ1n) is 6.20. The van der Waals surface area contributed by atoms with Crippen molar-refractivity contribution in [2.24, 2.45) is 0 Å². The molecule has 2 aromatic carbocycles. The van der Waals surface area contributed by atoms with Gasteiger partial charge >= 0.3 is 0 Å². The van der Waals surface area contributed by atoms with Crippen molar-refractivity contribution in [1.29, 1.82) is 0 Å². The average molecular weight is 355 g/mol. The molecule has 2 N–H and O–H groups in total. The zero-order chi connectivity index (χ0) is 16.1. The summed E-state index contributed by atoms with van der Waals surface area (Å²) in [4.78, 5) is 12.1. The van der Waals surface area contributed by atoms with Crippen LogP contribution in [0.2, 0.25) is 10.0 Å². The third kappa shape index (κ3) is 4.59. The van der Waals surface area contributed by atoms with E-state index in [-0.39, 0.29) is 5.11 Å². The molecule has 0 aromatic heterocycles. The van der Waals surface area contributed by atoms with E-state index >= 15 is 0 Å². The van der Waals surface area contributed by atoms with Crippen molar-refractivity contribution in [1.82, 2.24) is 5.32 Å². The molecule has 0 saturated heterocycles. The Bertz CT molecular complexity index is 702. The number of amides is 1. The lowest BCUT2D eigenvalue weighted by Crippen LogP contribution is -2.34. The molecule has 7 heteroatoms. The monoisotopic (exact) mass is 354 g/mol. The molecule has 0 saturated carbocycles. The first-order chi connectivity index (χ1) is 10.5. The second kappa shape index (κ2) is 7.45. The van der Waals surface area contributed by atoms with Gasteiger partial charge in [0.05, 0.1) is 7.11 Å². The topological polar surface area (TPSA) is 50.4 Å². The number of hydrogen-bond donors (Lipinski definition) is 2. The highest BCUT2D eigenvalue weighted by Gasteiger charge is 2.10. The van der Waals surface area contributed by atoms with Gasteiger partial charge in [0, 0.05) is 27.4 Å². The van der Waals surface area contributed by atoms with Crippen molar-refractivity contribution in [3.63, 3.8) is 0 Å². The van der Waals surface area contributed by atoms with Crippen LogP contribution in [-0.2, 0) is 0 Å². The van der Waals surface area contributed by atoms with E-state index in [0.29, 0.717) is 27.0 Å². The Morgan fingerprint density at radius 2 is 1.82 bits per heavy atom. The van der Waals surface area contributed by atoms with Crippen LogP contribution in [0.25, 0.3) is 0 Å². The van der Waals surface area contributed by atoms with Crippen molar-refractivity contribution < 1.29 is 9.53 Å². The second-order valence-electron chi connectivity index (χ2n) is 4.30. The minimum Gasteiger partial charge on any atom is -0.497 e. The van der Waals surface area contributed by atoms with E-state index in [9.17, 15) is 4.79 Å². The van der Waals surface area contributed by atoms with E-state index in [1.54, 1.807) is 31.4 Å². The molecule has 0 radical (unpaired) electrons. The van der Waals surface area contributed by atoms with Crippen LogP contribution in [0, 0.1) is 0 Å². The molecule has 2 aromatic rings. The summed E-state index contributed by atoms with van der Waals surface area (Å²) >= 11 is 16.8. The molecule has 0 aliphatic carbocycles. The summed E-state index contributed by atoms with van der Waals surface area (Å²) in [7, 11) is 1.57. The van der Waals surface area contributed by atoms with Gasteiger partial charge in [0.2, 0.25) is 0 Å². The highest BCUT2D eigenvalue weighted by atomic mass is 35.5. The first kappa shape index (κ1) is 16.5. The molecule has 2 rings (SSSR count). The van der Waals surface area contributed by atoms with Gasteiger partial charge in [0.25, 0.3) is 5.91 Å². The number of carbonyl (C=O) groups is 1. The number of ether oxygens (including phenoxy) is 1. The summed E-state index contributed by atoms with van der Waals surface area (Å²) in [6, 6.07) is 11.7. The predicted octanol–water partition coefficient (Wildman–Crippen LogP) is 4.13. The number of hydrogen-bond acceptors (Lipinski definition) is 3. The summed E-state index contributed by atoms with van der Waals surface area (Å²) in [6.07, 6.45) is 0. The molecule has 1 amide bonds. The lowest BCUT2D eigenvalue weighted by molar-refractivity contribution is 0.0977. The molecule has 0 aliphatic heterocycles. The van der Waals surface area contributed by atoms with Crippen LogP contribution in [0.4, 0.5) is 5.69 Å². The standard InChI is InChI=1S/C15H12Cl2N2O2S/c1-21-13-4-2-3-12(8-13)18-15(22)19-14(20)9-5-10(16)7-11(17)6-9/h2-8H,1H3,(H2,18,19,20,22). The van der Waals surface area contributed by atoms with E-state index < -0.39 is 5.91 Å². The Morgan fingerprint density at radius 1 is 1.14 bits per heavy atom. The number of methoxy groups -OCH3 is 1. The fourth-order valence-electron chi connectivity index (χ4n) is 1.72. The maximum atomic E-state index is 12.1. The summed E-state index contributed by atoms with van der Waals surface area (Å²) in [5.74, 6) is 0.283. The van der Waals surface area contributed by atoms with Gasteiger partial charge < -0.3 is 10.1 Å². The molecular weight excluding hydrogens is 343 g/mol. The maximum Gasteiger partial charge on any atom is 0.257 e. The van der Waals surface area contributed by atoms with Crippen LogP contribution in [0.15, 0.2) is 42.5 Å². The molecular formula is C15H12Cl2N2O2S. The number of rotatable bonds is 3. The SMILES string of the molecule is COc1cccc(NC(=S)NC(=O)c2cc(Cl)cc(Cl)c2)c1. The Hall–Kier alpha value is -1.82. The van der Waals surface area contributed by atoms with E-state index in [1.165, 1.54) is 12.1 Å². The van der Waals surface area contributed by atoms with Gasteiger partial charge in [0.1, 0.15) is 5.75 Å². The van der Waals surface area contributed by atoms with Crippen molar-refractivity contribution >= 4 is 52.1 Å². The number of nitrogens with one attached hydrogen (secondary N) is 2. The van der Waals surface area contributed by atoms with Gasteiger partial charge in [-0.2, -0.15) is 0 Å². The van der Waals surface area contributed by atoms with Crippen LogP contribution < -0.4 is 15.4 Å². The molecule has 0 spiro atoms. The maximum absolute atomic E-state index is 12.1. The molecule has 0 bridgehead atoms. The molecule has 4 nitrogen and oxygen atoms in total. The van der Waals surface area contributed by atoms with Gasteiger partial charge in [-0.15, -0.1) is 0 Å². The average Bonchev–Trinajstić information content (AvgIpc) is 2.46. The molecule has 0 heterocycles. The molecule has 22 heavy (non-hydrogen) atoms. The summed E-state index contributed by atoms with van der Waals surface area (Å²) in [6.45, 7) is 0. The van der Waals surface area contributed by atoms with E-state index in [1.807, 2.05) is 6.07 Å². The number of halogens is 2. The van der Waals surface area contributed by atoms with Gasteiger partial charge in [-0.1, -0.05) is 29.3 Å². The van der Waals surface area contributed by atoms with Crippen molar-refractivity contribution in [3.05, 3.63) is 58.1 Å². The lowest BCUT2D eigenvalue weighted by Gasteiger charge is -2.11. The lowest BCUT2D eigenvalue weighted by atomic mass is 10.2. The van der Waals surface area contributed by atoms with E-state index in [2.05, 4.69) is 10.6 Å². The normalized spacial score (nSPS) is 9.95. The van der Waals surface area contributed by atoms with E-state index in [4.69, 9.17) is 40.2 Å². The van der Waals surface area contributed by atoms with Gasteiger partial charge in [0.15, 0.2) is 5.11 Å². The van der Waals surface area contributed by atoms with Crippen LogP contribution in [0.1, 0.15) is 10.4 Å². The van der Waals surface area contributed by atoms with Crippen LogP contribution >= 0.6 is 35.4 Å². The number of carbonyl (C=O) groups excluding carboxylic acids is 1. The number of benzene rings is 2. The minimum absolute atomic E-state index is 0.161. The number of thiocarbonyl (C=S) groups is 1. The quantitative estimate of drug-likeness (QED) is 0.813. The summed E-state index contributed by atoms with van der Waals surface area (Å²) < 4.78 is 5.11. The first-order valence-corrected chi connectivity index (χ1v) is 7.37. The Labute approximate surface area is 143 Å². The molecule has 0 aliphatic rings. The minimum atomic E-state index is -0.398. The van der Waals surface area contributed by atoms with Crippen molar-refractivity contribution in [2.75, 3.05) is 12.4 Å². The van der Waals surface area contributed by atoms with Crippen LogP contribution in [-0.4, -0.2) is 18.1 Å². The third-order valence-corrected chi connectivity index (χ3v) is 3.32. The van der Waals surface area contributed by atoms with Gasteiger partial charge in [-0.05, 0) is 42.5 Å². The second-order valence-corrected chi connectivity index (χ2v) is 5.58. The highest BCUT2D eigenvalue weighted by molar-refractivity contribution is 7.80. The predicted molar refractivity (Wildman–Crippen MR) is 93.1 cm³/mol. The van der Waals surface area contributed by atoms with Crippen molar-refractivity contribution in [3.8, 4) is 5.75 Å². The molecule has 114 valence electrons. The largest absolute Gasteiger partial charge is 0.497 e. The Morgan fingerprint density at radius 3 is 2.45 bits per heavy atom. The number of anilines is 1. The molecule has 0 atom stereocenters. The van der Waals surface area contributed by atoms with Crippen molar-refractivity contribution in [2.45, 2.75) is 0 Å². The zero-order valence-corrected chi connectivity index (χ0v) is 13.9. The van der Waals surface area contributed by atoms with Crippen LogP contribution in [0.5, 0.6) is 5.75 Å². The fraction of sp³-hybridized carbons (Fsp3) is 0.0667. The van der Waals surface area contributed by atoms with E-state index in [0.717, 1.165) is 0 Å². The smallest absolute Gasteiger partial charge is 0.257 e. The van der Waals surface area contributed by atoms with Gasteiger partial charge in [-0.25, -0.2) is 0 Å². The van der Waals surface area contributed by atoms with Gasteiger partial charge in [-0.3, -0.25) is 10.1 Å². The molecule has 0 unspecified atom stereocenters. The fourth-order valence-corrected chi connectivity index (χ4v) is 2.46. The zero-order valence-electron chi connectivity index (χ0n) is 11.5. The highest BCUT2D eigenvalue weighted by Crippen LogP contribution is 2.19.